The van der Waals surface area contributed by atoms with Crippen molar-refractivity contribution < 1.29 is 24.5 Å². The number of nitrogens with zero attached hydrogens (tertiary/aromatic N) is 2. The molecular formula is C18H20BrFN2O4. The molecule has 1 aromatic heterocycles. The number of hydrogen-bond acceptors (Lipinski definition) is 6. The molecular weight excluding hydrogens is 407 g/mol. The van der Waals surface area contributed by atoms with Crippen LogP contribution in [0.2, 0.25) is 0 Å². The van der Waals surface area contributed by atoms with E-state index in [4.69, 9.17) is 4.84 Å². The van der Waals surface area contributed by atoms with E-state index in [1.54, 1.807) is 20.8 Å². The monoisotopic (exact) mass is 426 g/mol. The number of aromatic hydroxyl groups is 1. The first-order chi connectivity index (χ1) is 12.2. The Bertz CT molecular complexity index is 835. The van der Waals surface area contributed by atoms with Crippen molar-refractivity contribution >= 4 is 21.6 Å². The zero-order valence-corrected chi connectivity index (χ0v) is 16.2. The lowest BCUT2D eigenvalue weighted by Crippen LogP contribution is -2.18. The molecule has 8 heteroatoms. The Kier molecular flexibility index (Phi) is 6.33. The van der Waals surface area contributed by atoms with E-state index in [1.165, 1.54) is 24.3 Å². The average Bonchev–Trinajstić information content (AvgIpc) is 2.58. The fourth-order valence-electron chi connectivity index (χ4n) is 2.07. The molecule has 0 bridgehead atoms. The van der Waals surface area contributed by atoms with E-state index in [0.29, 0.717) is 11.3 Å². The SMILES string of the molecule is CC(C)(C)O/N=C(/c1cc(Br)c(F)c(CO)c1)c1nc(CO)ccc1O. The lowest BCUT2D eigenvalue weighted by atomic mass is 10.0. The lowest BCUT2D eigenvalue weighted by Gasteiger charge is -2.18. The van der Waals surface area contributed by atoms with E-state index < -0.39 is 18.0 Å². The van der Waals surface area contributed by atoms with Crippen molar-refractivity contribution in [1.29, 1.82) is 0 Å². The van der Waals surface area contributed by atoms with Gasteiger partial charge in [-0.1, -0.05) is 5.16 Å². The number of oxime groups is 1. The van der Waals surface area contributed by atoms with Crippen molar-refractivity contribution in [3.05, 3.63) is 57.1 Å². The predicted molar refractivity (Wildman–Crippen MR) is 98.3 cm³/mol. The van der Waals surface area contributed by atoms with Crippen LogP contribution in [0.4, 0.5) is 4.39 Å². The summed E-state index contributed by atoms with van der Waals surface area (Å²) in [7, 11) is 0. The van der Waals surface area contributed by atoms with Crippen LogP contribution < -0.4 is 0 Å². The van der Waals surface area contributed by atoms with Crippen molar-refractivity contribution in [3.8, 4) is 5.75 Å². The smallest absolute Gasteiger partial charge is 0.143 e. The van der Waals surface area contributed by atoms with Crippen LogP contribution >= 0.6 is 15.9 Å². The first-order valence-electron chi connectivity index (χ1n) is 7.81. The Morgan fingerprint density at radius 3 is 2.50 bits per heavy atom. The first kappa shape index (κ1) is 20.3. The molecule has 0 spiro atoms. The van der Waals surface area contributed by atoms with Crippen LogP contribution in [-0.2, 0) is 18.1 Å². The Balaban J connectivity index is 2.69. The van der Waals surface area contributed by atoms with Gasteiger partial charge in [0.2, 0.25) is 0 Å². The van der Waals surface area contributed by atoms with Gasteiger partial charge in [0, 0.05) is 11.1 Å². The van der Waals surface area contributed by atoms with Gasteiger partial charge in [-0.2, -0.15) is 0 Å². The van der Waals surface area contributed by atoms with E-state index in [1.807, 2.05) is 0 Å². The Hall–Kier alpha value is -2.03. The van der Waals surface area contributed by atoms with Gasteiger partial charge in [-0.3, -0.25) is 0 Å². The molecule has 3 N–H and O–H groups in total. The fraction of sp³-hybridized carbons (Fsp3) is 0.333. The summed E-state index contributed by atoms with van der Waals surface area (Å²) in [6.07, 6.45) is 0. The number of halogens is 2. The maximum absolute atomic E-state index is 14.0. The molecule has 0 aliphatic carbocycles. The Morgan fingerprint density at radius 1 is 1.23 bits per heavy atom. The van der Waals surface area contributed by atoms with Crippen molar-refractivity contribution in [1.82, 2.24) is 4.98 Å². The number of aliphatic hydroxyl groups excluding tert-OH is 2. The number of pyridine rings is 1. The fourth-order valence-corrected chi connectivity index (χ4v) is 2.57. The maximum Gasteiger partial charge on any atom is 0.143 e. The topological polar surface area (TPSA) is 95.2 Å². The van der Waals surface area contributed by atoms with Gasteiger partial charge >= 0.3 is 0 Å². The molecule has 2 rings (SSSR count). The Labute approximate surface area is 159 Å². The summed E-state index contributed by atoms with van der Waals surface area (Å²) >= 11 is 3.11. The molecule has 26 heavy (non-hydrogen) atoms. The second kappa shape index (κ2) is 8.11. The summed E-state index contributed by atoms with van der Waals surface area (Å²) in [6.45, 7) is 4.55. The van der Waals surface area contributed by atoms with Gasteiger partial charge < -0.3 is 20.2 Å². The lowest BCUT2D eigenvalue weighted by molar-refractivity contribution is 0.00110. The predicted octanol–water partition coefficient (Wildman–Crippen LogP) is 3.24. The quantitative estimate of drug-likeness (QED) is 0.503. The number of aromatic nitrogens is 1. The van der Waals surface area contributed by atoms with E-state index in [2.05, 4.69) is 26.1 Å². The number of aliphatic hydroxyl groups is 2. The molecule has 0 saturated heterocycles. The molecule has 140 valence electrons. The van der Waals surface area contributed by atoms with Crippen LogP contribution in [0, 0.1) is 5.82 Å². The molecule has 0 fully saturated rings. The van der Waals surface area contributed by atoms with Gasteiger partial charge in [-0.05, 0) is 61.0 Å². The molecule has 0 aliphatic heterocycles. The number of hydrogen-bond donors (Lipinski definition) is 3. The minimum atomic E-state index is -0.619. The van der Waals surface area contributed by atoms with Gasteiger partial charge in [-0.15, -0.1) is 0 Å². The maximum atomic E-state index is 14.0. The summed E-state index contributed by atoms with van der Waals surface area (Å²) in [5.41, 5.74) is 0.350. The Morgan fingerprint density at radius 2 is 1.92 bits per heavy atom. The highest BCUT2D eigenvalue weighted by molar-refractivity contribution is 9.10. The second-order valence-corrected chi connectivity index (χ2v) is 7.42. The minimum Gasteiger partial charge on any atom is -0.506 e. The van der Waals surface area contributed by atoms with Crippen molar-refractivity contribution in [2.24, 2.45) is 5.16 Å². The van der Waals surface area contributed by atoms with E-state index in [9.17, 15) is 19.7 Å². The van der Waals surface area contributed by atoms with Crippen LogP contribution in [-0.4, -0.2) is 31.6 Å². The van der Waals surface area contributed by atoms with Crippen LogP contribution in [0.15, 0.2) is 33.9 Å². The van der Waals surface area contributed by atoms with Crippen LogP contribution in [0.25, 0.3) is 0 Å². The normalized spacial score (nSPS) is 12.3. The largest absolute Gasteiger partial charge is 0.506 e. The molecule has 0 saturated carbocycles. The van der Waals surface area contributed by atoms with Gasteiger partial charge in [0.25, 0.3) is 0 Å². The van der Waals surface area contributed by atoms with E-state index in [-0.39, 0.29) is 33.8 Å². The van der Waals surface area contributed by atoms with Crippen LogP contribution in [0.3, 0.4) is 0 Å². The summed E-state index contributed by atoms with van der Waals surface area (Å²) in [6, 6.07) is 5.70. The zero-order valence-electron chi connectivity index (χ0n) is 14.6. The minimum absolute atomic E-state index is 0.0515. The zero-order chi connectivity index (χ0) is 19.5. The second-order valence-electron chi connectivity index (χ2n) is 6.56. The highest BCUT2D eigenvalue weighted by Crippen LogP contribution is 2.27. The number of rotatable bonds is 5. The third-order valence-electron chi connectivity index (χ3n) is 3.28. The standard InChI is InChI=1S/C18H20BrFN2O4/c1-18(2,3)26-22-16(17-14(25)5-4-12(9-24)21-17)10-6-11(8-23)15(20)13(19)7-10/h4-7,23-25H,8-9H2,1-3H3/b22-16-. The van der Waals surface area contributed by atoms with Gasteiger partial charge in [0.15, 0.2) is 0 Å². The molecule has 0 aliphatic rings. The number of benzene rings is 1. The third kappa shape index (κ3) is 4.78. The van der Waals surface area contributed by atoms with Crippen molar-refractivity contribution in [2.45, 2.75) is 39.6 Å². The molecule has 6 nitrogen and oxygen atoms in total. The molecule has 1 aromatic carbocycles. The summed E-state index contributed by atoms with van der Waals surface area (Å²) in [4.78, 5) is 9.67. The third-order valence-corrected chi connectivity index (χ3v) is 3.85. The molecule has 2 aromatic rings. The molecule has 0 atom stereocenters. The molecule has 1 heterocycles. The van der Waals surface area contributed by atoms with Crippen LogP contribution in [0.1, 0.15) is 43.3 Å². The van der Waals surface area contributed by atoms with E-state index >= 15 is 0 Å². The summed E-state index contributed by atoms with van der Waals surface area (Å²) < 4.78 is 14.2. The van der Waals surface area contributed by atoms with Gasteiger partial charge in [0.1, 0.15) is 28.6 Å². The van der Waals surface area contributed by atoms with Crippen molar-refractivity contribution in [2.75, 3.05) is 0 Å². The van der Waals surface area contributed by atoms with Crippen LogP contribution in [0.5, 0.6) is 5.75 Å². The van der Waals surface area contributed by atoms with Gasteiger partial charge in [0.05, 0.1) is 23.4 Å². The van der Waals surface area contributed by atoms with Crippen molar-refractivity contribution in [3.63, 3.8) is 0 Å². The summed E-state index contributed by atoms with van der Waals surface area (Å²) in [5.74, 6) is -0.766. The van der Waals surface area contributed by atoms with Gasteiger partial charge in [-0.25, -0.2) is 9.37 Å². The molecule has 0 amide bonds. The molecule has 0 unspecified atom stereocenters. The first-order valence-corrected chi connectivity index (χ1v) is 8.61. The molecule has 0 radical (unpaired) electrons. The van der Waals surface area contributed by atoms with E-state index in [0.717, 1.165) is 0 Å². The average molecular weight is 427 g/mol. The highest BCUT2D eigenvalue weighted by Gasteiger charge is 2.20. The highest BCUT2D eigenvalue weighted by atomic mass is 79.9. The summed E-state index contributed by atoms with van der Waals surface area (Å²) in [5, 5.41) is 33.0.